The summed E-state index contributed by atoms with van der Waals surface area (Å²) in [5, 5.41) is 6.59. The van der Waals surface area contributed by atoms with Gasteiger partial charge in [0.1, 0.15) is 0 Å². The molecular formula is C15H20N2OS. The van der Waals surface area contributed by atoms with Gasteiger partial charge in [0.25, 0.3) is 5.91 Å². The molecule has 0 aromatic carbocycles. The predicted octanol–water partition coefficient (Wildman–Crippen LogP) is 1.96. The molecule has 2 fully saturated rings. The summed E-state index contributed by atoms with van der Waals surface area (Å²) in [5.41, 5.74) is 1.44. The van der Waals surface area contributed by atoms with Crippen LogP contribution in [0.2, 0.25) is 0 Å². The van der Waals surface area contributed by atoms with Crippen molar-refractivity contribution in [2.75, 3.05) is 13.1 Å². The lowest BCUT2D eigenvalue weighted by molar-refractivity contribution is 0.0950. The lowest BCUT2D eigenvalue weighted by Gasteiger charge is -2.06. The quantitative estimate of drug-likeness (QED) is 0.811. The maximum Gasteiger partial charge on any atom is 0.261 e. The molecule has 2 aliphatic carbocycles. The van der Waals surface area contributed by atoms with Crippen LogP contribution in [0, 0.1) is 11.8 Å². The van der Waals surface area contributed by atoms with E-state index in [0.29, 0.717) is 17.9 Å². The number of carbonyl (C=O) groups excluding carboxylic acids is 1. The summed E-state index contributed by atoms with van der Waals surface area (Å²) in [6, 6.07) is 2.59. The molecule has 2 unspecified atom stereocenters. The third kappa shape index (κ3) is 2.11. The number of carbonyl (C=O) groups is 1. The van der Waals surface area contributed by atoms with Crippen LogP contribution in [0.1, 0.15) is 39.4 Å². The van der Waals surface area contributed by atoms with Crippen LogP contribution in [0.3, 0.4) is 0 Å². The van der Waals surface area contributed by atoms with Gasteiger partial charge in [-0.05, 0) is 49.1 Å². The zero-order valence-corrected chi connectivity index (χ0v) is 11.9. The summed E-state index contributed by atoms with van der Waals surface area (Å²) in [6.07, 6.45) is 6.24. The van der Waals surface area contributed by atoms with E-state index in [2.05, 4.69) is 16.7 Å². The van der Waals surface area contributed by atoms with E-state index in [1.54, 1.807) is 11.3 Å². The van der Waals surface area contributed by atoms with Crippen molar-refractivity contribution < 1.29 is 4.79 Å². The Kier molecular flexibility index (Phi) is 2.88. The second-order valence-electron chi connectivity index (χ2n) is 6.10. The van der Waals surface area contributed by atoms with Gasteiger partial charge in [-0.2, -0.15) is 0 Å². The third-order valence-corrected chi connectivity index (χ3v) is 6.10. The van der Waals surface area contributed by atoms with Gasteiger partial charge in [0.15, 0.2) is 0 Å². The monoisotopic (exact) mass is 276 g/mol. The largest absolute Gasteiger partial charge is 0.348 e. The van der Waals surface area contributed by atoms with Crippen molar-refractivity contribution in [2.45, 2.75) is 38.1 Å². The van der Waals surface area contributed by atoms with E-state index in [-0.39, 0.29) is 5.91 Å². The molecule has 4 heteroatoms. The molecule has 1 aromatic rings. The average Bonchev–Trinajstić information content (AvgIpc) is 2.78. The first-order valence-corrected chi connectivity index (χ1v) is 8.28. The van der Waals surface area contributed by atoms with Crippen molar-refractivity contribution in [3.8, 4) is 0 Å². The number of thiophene rings is 1. The van der Waals surface area contributed by atoms with Crippen molar-refractivity contribution in [1.29, 1.82) is 0 Å². The summed E-state index contributed by atoms with van der Waals surface area (Å²) in [5.74, 6) is 1.56. The molecule has 1 aliphatic heterocycles. The molecule has 2 N–H and O–H groups in total. The standard InChI is InChI=1S/C15H20N2OS/c18-15(17-14-10-7-16-8-11(10)14)13-6-9-4-2-1-3-5-12(9)19-13/h6,10-11,14,16H,1-5,7-8H2,(H,17,18). The van der Waals surface area contributed by atoms with Crippen LogP contribution in [0.25, 0.3) is 0 Å². The van der Waals surface area contributed by atoms with E-state index < -0.39 is 0 Å². The van der Waals surface area contributed by atoms with Gasteiger partial charge in [0, 0.05) is 24.0 Å². The molecule has 0 bridgehead atoms. The van der Waals surface area contributed by atoms with Crippen LogP contribution in [0.5, 0.6) is 0 Å². The first-order chi connectivity index (χ1) is 9.33. The Morgan fingerprint density at radius 3 is 2.84 bits per heavy atom. The fourth-order valence-corrected chi connectivity index (χ4v) is 4.79. The molecule has 1 amide bonds. The molecule has 4 rings (SSSR count). The highest BCUT2D eigenvalue weighted by molar-refractivity contribution is 7.14. The van der Waals surface area contributed by atoms with Gasteiger partial charge in [-0.3, -0.25) is 4.79 Å². The summed E-state index contributed by atoms with van der Waals surface area (Å²) in [6.45, 7) is 2.16. The fraction of sp³-hybridized carbons (Fsp3) is 0.667. The molecule has 0 spiro atoms. The normalized spacial score (nSPS) is 32.3. The van der Waals surface area contributed by atoms with E-state index >= 15 is 0 Å². The zero-order chi connectivity index (χ0) is 12.8. The average molecular weight is 276 g/mol. The van der Waals surface area contributed by atoms with Crippen molar-refractivity contribution in [1.82, 2.24) is 10.6 Å². The highest BCUT2D eigenvalue weighted by Gasteiger charge is 2.53. The third-order valence-electron chi connectivity index (χ3n) is 4.86. The van der Waals surface area contributed by atoms with E-state index in [9.17, 15) is 4.79 Å². The molecule has 2 atom stereocenters. The minimum atomic E-state index is 0.164. The number of nitrogens with one attached hydrogen (secondary N) is 2. The fourth-order valence-electron chi connectivity index (χ4n) is 3.63. The summed E-state index contributed by atoms with van der Waals surface area (Å²) in [4.78, 5) is 14.7. The maximum atomic E-state index is 12.3. The second-order valence-corrected chi connectivity index (χ2v) is 7.24. The molecular weight excluding hydrogens is 256 g/mol. The first kappa shape index (κ1) is 11.9. The van der Waals surface area contributed by atoms with Crippen molar-refractivity contribution in [2.24, 2.45) is 11.8 Å². The highest BCUT2D eigenvalue weighted by Crippen LogP contribution is 2.42. The van der Waals surface area contributed by atoms with Gasteiger partial charge in [-0.1, -0.05) is 6.42 Å². The van der Waals surface area contributed by atoms with Crippen molar-refractivity contribution in [3.05, 3.63) is 21.4 Å². The number of rotatable bonds is 2. The minimum absolute atomic E-state index is 0.164. The zero-order valence-electron chi connectivity index (χ0n) is 11.1. The Balaban J connectivity index is 1.45. The van der Waals surface area contributed by atoms with E-state index in [4.69, 9.17) is 0 Å². The highest BCUT2D eigenvalue weighted by atomic mass is 32.1. The van der Waals surface area contributed by atoms with E-state index in [1.165, 1.54) is 36.1 Å². The van der Waals surface area contributed by atoms with E-state index in [0.717, 1.165) is 24.4 Å². The van der Waals surface area contributed by atoms with Gasteiger partial charge in [0.2, 0.25) is 0 Å². The second kappa shape index (κ2) is 4.60. The molecule has 19 heavy (non-hydrogen) atoms. The Morgan fingerprint density at radius 1 is 1.21 bits per heavy atom. The van der Waals surface area contributed by atoms with Gasteiger partial charge >= 0.3 is 0 Å². The molecule has 3 nitrogen and oxygen atoms in total. The number of hydrogen-bond acceptors (Lipinski definition) is 3. The molecule has 1 aromatic heterocycles. The van der Waals surface area contributed by atoms with Crippen LogP contribution in [0.4, 0.5) is 0 Å². The number of fused-ring (bicyclic) bond motifs is 2. The lowest BCUT2D eigenvalue weighted by Crippen LogP contribution is -2.32. The van der Waals surface area contributed by atoms with E-state index in [1.807, 2.05) is 0 Å². The molecule has 2 heterocycles. The SMILES string of the molecule is O=C(NC1C2CNCC21)c1cc2c(s1)CCCCC2. The molecule has 3 aliphatic rings. The van der Waals surface area contributed by atoms with Crippen molar-refractivity contribution in [3.63, 3.8) is 0 Å². The van der Waals surface area contributed by atoms with Gasteiger partial charge < -0.3 is 10.6 Å². The Labute approximate surface area is 117 Å². The molecule has 0 radical (unpaired) electrons. The smallest absolute Gasteiger partial charge is 0.261 e. The molecule has 1 saturated heterocycles. The Hall–Kier alpha value is -0.870. The van der Waals surface area contributed by atoms with Gasteiger partial charge in [-0.25, -0.2) is 0 Å². The van der Waals surface area contributed by atoms with Gasteiger partial charge in [-0.15, -0.1) is 11.3 Å². The van der Waals surface area contributed by atoms with Crippen LogP contribution in [-0.4, -0.2) is 25.0 Å². The van der Waals surface area contributed by atoms with Crippen LogP contribution in [-0.2, 0) is 12.8 Å². The lowest BCUT2D eigenvalue weighted by atomic mass is 10.1. The number of hydrogen-bond donors (Lipinski definition) is 2. The molecule has 102 valence electrons. The Bertz CT molecular complexity index is 477. The number of piperidine rings is 1. The summed E-state index contributed by atoms with van der Waals surface area (Å²) < 4.78 is 0. The topological polar surface area (TPSA) is 41.1 Å². The van der Waals surface area contributed by atoms with Crippen LogP contribution in [0.15, 0.2) is 6.07 Å². The molecule has 1 saturated carbocycles. The number of amides is 1. The van der Waals surface area contributed by atoms with Crippen LogP contribution < -0.4 is 10.6 Å². The number of aryl methyl sites for hydroxylation is 2. The summed E-state index contributed by atoms with van der Waals surface area (Å²) in [7, 11) is 0. The first-order valence-electron chi connectivity index (χ1n) is 7.46. The Morgan fingerprint density at radius 2 is 2.00 bits per heavy atom. The minimum Gasteiger partial charge on any atom is -0.348 e. The summed E-state index contributed by atoms with van der Waals surface area (Å²) >= 11 is 1.73. The predicted molar refractivity (Wildman–Crippen MR) is 76.7 cm³/mol. The maximum absolute atomic E-state index is 12.3. The van der Waals surface area contributed by atoms with Gasteiger partial charge in [0.05, 0.1) is 4.88 Å². The van der Waals surface area contributed by atoms with Crippen LogP contribution >= 0.6 is 11.3 Å². The van der Waals surface area contributed by atoms with Crippen molar-refractivity contribution >= 4 is 17.2 Å².